The molecule has 0 radical (unpaired) electrons. The lowest BCUT2D eigenvalue weighted by Crippen LogP contribution is -2.21. The lowest BCUT2D eigenvalue weighted by molar-refractivity contribution is -0.118. The number of carbonyl (C=O) groups is 2. The summed E-state index contributed by atoms with van der Waals surface area (Å²) in [5.41, 5.74) is 1.31. The lowest BCUT2D eigenvalue weighted by atomic mass is 9.95. The Hall–Kier alpha value is -2.48. The number of thiophene rings is 1. The number of fused-ring (bicyclic) bond motifs is 1. The molecule has 0 unspecified atom stereocenters. The van der Waals surface area contributed by atoms with Gasteiger partial charge in [-0.1, -0.05) is 0 Å². The van der Waals surface area contributed by atoms with Crippen molar-refractivity contribution in [2.75, 3.05) is 19.0 Å². The number of benzene rings is 1. The maximum absolute atomic E-state index is 13.5. The van der Waals surface area contributed by atoms with E-state index in [1.165, 1.54) is 18.4 Å². The van der Waals surface area contributed by atoms with Crippen LogP contribution in [-0.2, 0) is 22.4 Å². The number of hydrogen-bond donors (Lipinski definition) is 1. The number of aryl methyl sites for hydroxylation is 1. The predicted molar refractivity (Wildman–Crippen MR) is 92.8 cm³/mol. The smallest absolute Gasteiger partial charge is 0.341 e. The van der Waals surface area contributed by atoms with Gasteiger partial charge in [0.1, 0.15) is 10.8 Å². The van der Waals surface area contributed by atoms with Gasteiger partial charge in [-0.25, -0.2) is 13.6 Å². The summed E-state index contributed by atoms with van der Waals surface area (Å²) in [7, 11) is 1.29. The first-order valence-electron chi connectivity index (χ1n) is 8.10. The van der Waals surface area contributed by atoms with Crippen LogP contribution in [0.2, 0.25) is 0 Å². The number of carbonyl (C=O) groups excluding carboxylic acids is 2. The number of halogens is 2. The van der Waals surface area contributed by atoms with Crippen molar-refractivity contribution in [3.8, 4) is 5.75 Å². The summed E-state index contributed by atoms with van der Waals surface area (Å²) in [5, 5.41) is 3.06. The van der Waals surface area contributed by atoms with Gasteiger partial charge in [0.05, 0.1) is 12.7 Å². The summed E-state index contributed by atoms with van der Waals surface area (Å²) < 4.78 is 36.4. The van der Waals surface area contributed by atoms with Crippen LogP contribution in [0.1, 0.15) is 33.6 Å². The quantitative estimate of drug-likeness (QED) is 0.802. The van der Waals surface area contributed by atoms with E-state index in [0.29, 0.717) is 16.6 Å². The maximum Gasteiger partial charge on any atom is 0.341 e. The minimum absolute atomic E-state index is 0.222. The molecule has 0 saturated carbocycles. The van der Waals surface area contributed by atoms with E-state index in [2.05, 4.69) is 5.32 Å². The van der Waals surface area contributed by atoms with Gasteiger partial charge in [0.2, 0.25) is 0 Å². The van der Waals surface area contributed by atoms with Gasteiger partial charge in [-0.3, -0.25) is 4.79 Å². The molecule has 1 aliphatic rings. The molecule has 1 N–H and O–H groups in total. The molecule has 1 heterocycles. The van der Waals surface area contributed by atoms with Crippen LogP contribution in [0.3, 0.4) is 0 Å². The van der Waals surface area contributed by atoms with Crippen LogP contribution in [0.5, 0.6) is 5.75 Å². The van der Waals surface area contributed by atoms with E-state index in [1.54, 1.807) is 0 Å². The molecule has 8 heteroatoms. The summed E-state index contributed by atoms with van der Waals surface area (Å²) in [5.74, 6) is -2.88. The number of ether oxygens (including phenoxy) is 2. The molecule has 26 heavy (non-hydrogen) atoms. The van der Waals surface area contributed by atoms with Crippen LogP contribution >= 0.6 is 11.3 Å². The molecule has 138 valence electrons. The minimum atomic E-state index is -0.889. The number of rotatable bonds is 5. The monoisotopic (exact) mass is 381 g/mol. The summed E-state index contributed by atoms with van der Waals surface area (Å²) in [6.07, 6.45) is 3.64. The first-order valence-corrected chi connectivity index (χ1v) is 8.91. The molecule has 1 aliphatic carbocycles. The Morgan fingerprint density at radius 1 is 1.23 bits per heavy atom. The highest BCUT2D eigenvalue weighted by molar-refractivity contribution is 7.17. The van der Waals surface area contributed by atoms with Crippen LogP contribution in [0.25, 0.3) is 0 Å². The highest BCUT2D eigenvalue weighted by atomic mass is 32.1. The van der Waals surface area contributed by atoms with Gasteiger partial charge in [0.15, 0.2) is 18.2 Å². The standard InChI is InChI=1S/C18H17F2NO4S/c1-24-18(23)16-11-4-2-3-5-14(11)26-17(16)21-15(22)9-25-13-7-6-10(19)8-12(13)20/h6-8H,2-5,9H2,1H3,(H,21,22). The largest absolute Gasteiger partial charge is 0.481 e. The van der Waals surface area contributed by atoms with E-state index >= 15 is 0 Å². The molecular weight excluding hydrogens is 364 g/mol. The van der Waals surface area contributed by atoms with E-state index in [4.69, 9.17) is 9.47 Å². The third-order valence-corrected chi connectivity index (χ3v) is 5.27. The van der Waals surface area contributed by atoms with Crippen molar-refractivity contribution in [3.05, 3.63) is 45.8 Å². The number of amides is 1. The number of methoxy groups -OCH3 is 1. The second kappa shape index (κ2) is 7.82. The van der Waals surface area contributed by atoms with Crippen LogP contribution in [0.4, 0.5) is 13.8 Å². The Kier molecular flexibility index (Phi) is 5.51. The van der Waals surface area contributed by atoms with E-state index < -0.39 is 30.1 Å². The molecule has 1 amide bonds. The summed E-state index contributed by atoms with van der Waals surface area (Å²) >= 11 is 1.35. The van der Waals surface area contributed by atoms with Crippen molar-refractivity contribution < 1.29 is 27.8 Å². The van der Waals surface area contributed by atoms with Crippen molar-refractivity contribution in [2.45, 2.75) is 25.7 Å². The number of esters is 1. The van der Waals surface area contributed by atoms with E-state index in [-0.39, 0.29) is 5.75 Å². The Balaban J connectivity index is 1.72. The van der Waals surface area contributed by atoms with Gasteiger partial charge < -0.3 is 14.8 Å². The molecule has 1 aromatic heterocycles. The average molecular weight is 381 g/mol. The third kappa shape index (κ3) is 3.85. The minimum Gasteiger partial charge on any atom is -0.481 e. The molecular formula is C18H17F2NO4S. The van der Waals surface area contributed by atoms with Crippen molar-refractivity contribution >= 4 is 28.2 Å². The van der Waals surface area contributed by atoms with Crippen LogP contribution < -0.4 is 10.1 Å². The predicted octanol–water partition coefficient (Wildman–Crippen LogP) is 3.71. The van der Waals surface area contributed by atoms with Gasteiger partial charge in [-0.05, 0) is 43.4 Å². The normalized spacial score (nSPS) is 13.0. The zero-order valence-corrected chi connectivity index (χ0v) is 14.9. The zero-order chi connectivity index (χ0) is 18.7. The summed E-state index contributed by atoms with van der Waals surface area (Å²) in [4.78, 5) is 25.4. The van der Waals surface area contributed by atoms with Crippen molar-refractivity contribution in [2.24, 2.45) is 0 Å². The molecule has 3 rings (SSSR count). The van der Waals surface area contributed by atoms with Gasteiger partial charge in [-0.15, -0.1) is 11.3 Å². The number of hydrogen-bond acceptors (Lipinski definition) is 5. The second-order valence-electron chi connectivity index (χ2n) is 5.82. The molecule has 0 atom stereocenters. The van der Waals surface area contributed by atoms with Crippen LogP contribution in [-0.4, -0.2) is 25.6 Å². The fourth-order valence-corrected chi connectivity index (χ4v) is 4.16. The fourth-order valence-electron chi connectivity index (χ4n) is 2.87. The van der Waals surface area contributed by atoms with Crippen molar-refractivity contribution in [1.29, 1.82) is 0 Å². The first kappa shape index (κ1) is 18.3. The van der Waals surface area contributed by atoms with E-state index in [0.717, 1.165) is 48.3 Å². The molecule has 1 aromatic carbocycles. The van der Waals surface area contributed by atoms with E-state index in [9.17, 15) is 18.4 Å². The van der Waals surface area contributed by atoms with Gasteiger partial charge in [0, 0.05) is 10.9 Å². The second-order valence-corrected chi connectivity index (χ2v) is 6.92. The topological polar surface area (TPSA) is 64.6 Å². The van der Waals surface area contributed by atoms with Crippen LogP contribution in [0, 0.1) is 11.6 Å². The van der Waals surface area contributed by atoms with E-state index in [1.807, 2.05) is 0 Å². The molecule has 0 aliphatic heterocycles. The number of anilines is 1. The SMILES string of the molecule is COC(=O)c1c(NC(=O)COc2ccc(F)cc2F)sc2c1CCCC2. The van der Waals surface area contributed by atoms with Crippen molar-refractivity contribution in [3.63, 3.8) is 0 Å². The molecule has 0 spiro atoms. The average Bonchev–Trinajstić information content (AvgIpc) is 2.98. The van der Waals surface area contributed by atoms with Gasteiger partial charge in [-0.2, -0.15) is 0 Å². The van der Waals surface area contributed by atoms with Crippen molar-refractivity contribution in [1.82, 2.24) is 0 Å². The number of nitrogens with one attached hydrogen (secondary N) is 1. The summed E-state index contributed by atoms with van der Waals surface area (Å²) in [6.45, 7) is -0.467. The molecule has 2 aromatic rings. The fraction of sp³-hybridized carbons (Fsp3) is 0.333. The van der Waals surface area contributed by atoms with Gasteiger partial charge in [0.25, 0.3) is 5.91 Å². The molecule has 0 bridgehead atoms. The maximum atomic E-state index is 13.5. The molecule has 5 nitrogen and oxygen atoms in total. The highest BCUT2D eigenvalue weighted by Gasteiger charge is 2.27. The highest BCUT2D eigenvalue weighted by Crippen LogP contribution is 2.38. The Labute approximate surface area is 152 Å². The van der Waals surface area contributed by atoms with Crippen LogP contribution in [0.15, 0.2) is 18.2 Å². The molecule has 0 saturated heterocycles. The first-order chi connectivity index (χ1) is 12.5. The zero-order valence-electron chi connectivity index (χ0n) is 14.1. The third-order valence-electron chi connectivity index (χ3n) is 4.07. The Bertz CT molecular complexity index is 850. The lowest BCUT2D eigenvalue weighted by Gasteiger charge is -2.12. The van der Waals surface area contributed by atoms with Gasteiger partial charge >= 0.3 is 5.97 Å². The summed E-state index contributed by atoms with van der Waals surface area (Å²) in [6, 6.07) is 2.83. The Morgan fingerprint density at radius 2 is 2.00 bits per heavy atom. The molecule has 0 fully saturated rings. The Morgan fingerprint density at radius 3 is 2.73 bits per heavy atom.